The zero-order chi connectivity index (χ0) is 29.4. The molecule has 2 aliphatic rings. The predicted octanol–water partition coefficient (Wildman–Crippen LogP) is 2.44. The van der Waals surface area contributed by atoms with Crippen LogP contribution in [0.2, 0.25) is 0 Å². The molecule has 2 bridgehead atoms. The lowest BCUT2D eigenvalue weighted by Gasteiger charge is -2.34. The number of hydrogen-bond acceptors (Lipinski definition) is 6. The number of carbonyl (C=O) groups is 3. The molecule has 5 unspecified atom stereocenters. The van der Waals surface area contributed by atoms with Crippen LogP contribution in [0.1, 0.15) is 51.3 Å². The van der Waals surface area contributed by atoms with Crippen LogP contribution in [-0.4, -0.2) is 72.6 Å². The zero-order valence-corrected chi connectivity index (χ0v) is 24.4. The van der Waals surface area contributed by atoms with E-state index in [2.05, 4.69) is 16.0 Å². The molecule has 0 aliphatic carbocycles. The Balaban J connectivity index is 1.99. The first kappa shape index (κ1) is 31.1. The Labute approximate surface area is 237 Å². The van der Waals surface area contributed by atoms with Crippen molar-refractivity contribution in [3.05, 3.63) is 65.7 Å². The van der Waals surface area contributed by atoms with Crippen LogP contribution in [0.15, 0.2) is 54.6 Å². The van der Waals surface area contributed by atoms with E-state index < -0.39 is 42.1 Å². The van der Waals surface area contributed by atoms with Gasteiger partial charge in [-0.15, -0.1) is 0 Å². The quantitative estimate of drug-likeness (QED) is 0.399. The van der Waals surface area contributed by atoms with Gasteiger partial charge in [0.05, 0.1) is 12.1 Å². The minimum Gasteiger partial charge on any atom is -0.487 e. The van der Waals surface area contributed by atoms with Crippen LogP contribution < -0.4 is 20.7 Å². The van der Waals surface area contributed by atoms with Gasteiger partial charge in [0.1, 0.15) is 23.9 Å². The van der Waals surface area contributed by atoms with Crippen LogP contribution in [0, 0.1) is 11.8 Å². The molecule has 0 radical (unpaired) electrons. The van der Waals surface area contributed by atoms with Crippen molar-refractivity contribution in [2.75, 3.05) is 20.6 Å². The van der Waals surface area contributed by atoms with E-state index >= 15 is 0 Å². The van der Waals surface area contributed by atoms with Gasteiger partial charge in [-0.25, -0.2) is 0 Å². The van der Waals surface area contributed by atoms with Gasteiger partial charge in [0.2, 0.25) is 17.7 Å². The first-order valence-corrected chi connectivity index (χ1v) is 14.0. The SMILES string of the molecule is CC(C)CC1NC(=O)C(NC(=O)C(Cc2ccccc2)N(C)C)C(C(C)C)Oc2ccc(cc2)C(O)CNC1=O. The topological polar surface area (TPSA) is 120 Å². The molecule has 0 saturated carbocycles. The third kappa shape index (κ3) is 8.53. The number of likely N-dealkylation sites (N-methyl/N-ethyl adjacent to an activating group) is 1. The fourth-order valence-electron chi connectivity index (χ4n) is 4.81. The number of ether oxygens (including phenoxy) is 1. The number of aliphatic hydroxyl groups is 1. The molecular weight excluding hydrogens is 508 g/mol. The van der Waals surface area contributed by atoms with Gasteiger partial charge in [0, 0.05) is 6.54 Å². The third-order valence-corrected chi connectivity index (χ3v) is 7.11. The molecule has 4 N–H and O–H groups in total. The summed E-state index contributed by atoms with van der Waals surface area (Å²) < 4.78 is 6.32. The number of nitrogens with zero attached hydrogens (tertiary/aromatic N) is 1. The lowest BCUT2D eigenvalue weighted by molar-refractivity contribution is -0.136. The van der Waals surface area contributed by atoms with Crippen LogP contribution in [0.5, 0.6) is 5.75 Å². The van der Waals surface area contributed by atoms with Gasteiger partial charge in [0.25, 0.3) is 0 Å². The number of hydrogen-bond donors (Lipinski definition) is 4. The Morgan fingerprint density at radius 1 is 1.02 bits per heavy atom. The lowest BCUT2D eigenvalue weighted by Crippen LogP contribution is -2.62. The van der Waals surface area contributed by atoms with Crippen LogP contribution in [0.3, 0.4) is 0 Å². The molecule has 0 aromatic heterocycles. The Morgan fingerprint density at radius 2 is 1.68 bits per heavy atom. The van der Waals surface area contributed by atoms with Gasteiger partial charge in [-0.1, -0.05) is 70.2 Å². The fourth-order valence-corrected chi connectivity index (χ4v) is 4.81. The summed E-state index contributed by atoms with van der Waals surface area (Å²) in [7, 11) is 3.66. The minimum absolute atomic E-state index is 0.00227. The van der Waals surface area contributed by atoms with Crippen molar-refractivity contribution >= 4 is 17.7 Å². The van der Waals surface area contributed by atoms with Gasteiger partial charge in [-0.05, 0) is 62.0 Å². The first-order chi connectivity index (χ1) is 19.0. The number of benzene rings is 2. The summed E-state index contributed by atoms with van der Waals surface area (Å²) in [6, 6.07) is 14.2. The molecule has 5 atom stereocenters. The number of carbonyl (C=O) groups excluding carboxylic acids is 3. The van der Waals surface area contributed by atoms with Gasteiger partial charge in [-0.3, -0.25) is 19.3 Å². The number of nitrogens with one attached hydrogen (secondary N) is 3. The molecule has 4 rings (SSSR count). The molecule has 218 valence electrons. The summed E-state index contributed by atoms with van der Waals surface area (Å²) in [5, 5.41) is 19.2. The number of rotatable bonds is 8. The Kier molecular flexibility index (Phi) is 11.1. The number of amides is 3. The van der Waals surface area contributed by atoms with Crippen LogP contribution in [0.4, 0.5) is 0 Å². The summed E-state index contributed by atoms with van der Waals surface area (Å²) in [4.78, 5) is 42.6. The van der Waals surface area contributed by atoms with E-state index in [1.165, 1.54) is 0 Å². The van der Waals surface area contributed by atoms with E-state index in [-0.39, 0.29) is 24.3 Å². The third-order valence-electron chi connectivity index (χ3n) is 7.11. The van der Waals surface area contributed by atoms with E-state index in [0.29, 0.717) is 24.2 Å². The minimum atomic E-state index is -1.07. The molecule has 2 aromatic carbocycles. The Morgan fingerprint density at radius 3 is 2.25 bits per heavy atom. The van der Waals surface area contributed by atoms with Crippen LogP contribution >= 0.6 is 0 Å². The second-order valence-electron chi connectivity index (χ2n) is 11.5. The van der Waals surface area contributed by atoms with Gasteiger partial charge < -0.3 is 25.8 Å². The van der Waals surface area contributed by atoms with Crippen LogP contribution in [0.25, 0.3) is 0 Å². The molecule has 0 spiro atoms. The van der Waals surface area contributed by atoms with Crippen molar-refractivity contribution in [1.29, 1.82) is 0 Å². The molecule has 0 saturated heterocycles. The highest BCUT2D eigenvalue weighted by molar-refractivity contribution is 5.93. The normalized spacial score (nSPS) is 22.9. The molecule has 2 aliphatic heterocycles. The highest BCUT2D eigenvalue weighted by Gasteiger charge is 2.38. The average molecular weight is 553 g/mol. The molecule has 2 aromatic rings. The first-order valence-electron chi connectivity index (χ1n) is 14.0. The summed E-state index contributed by atoms with van der Waals surface area (Å²) in [5.41, 5.74) is 1.63. The summed E-state index contributed by atoms with van der Waals surface area (Å²) in [6.07, 6.45) is -0.783. The van der Waals surface area contributed by atoms with Crippen molar-refractivity contribution in [1.82, 2.24) is 20.9 Å². The van der Waals surface area contributed by atoms with E-state index in [1.54, 1.807) is 24.3 Å². The van der Waals surface area contributed by atoms with Crippen molar-refractivity contribution in [2.45, 2.75) is 70.9 Å². The molecule has 0 fully saturated rings. The molecule has 9 nitrogen and oxygen atoms in total. The smallest absolute Gasteiger partial charge is 0.247 e. The molecule has 9 heteroatoms. The van der Waals surface area contributed by atoms with E-state index in [0.717, 1.165) is 5.56 Å². The highest BCUT2D eigenvalue weighted by Crippen LogP contribution is 2.23. The van der Waals surface area contributed by atoms with E-state index in [1.807, 2.05) is 77.0 Å². The van der Waals surface area contributed by atoms with E-state index in [9.17, 15) is 19.5 Å². The monoisotopic (exact) mass is 552 g/mol. The largest absolute Gasteiger partial charge is 0.487 e. The highest BCUT2D eigenvalue weighted by atomic mass is 16.5. The number of fused-ring (bicyclic) bond motifs is 11. The van der Waals surface area contributed by atoms with Crippen molar-refractivity contribution in [3.63, 3.8) is 0 Å². The maximum atomic E-state index is 13.9. The Hall–Kier alpha value is -3.43. The molecule has 2 heterocycles. The summed E-state index contributed by atoms with van der Waals surface area (Å²) in [6.45, 7) is 7.77. The molecule has 40 heavy (non-hydrogen) atoms. The van der Waals surface area contributed by atoms with Crippen LogP contribution in [-0.2, 0) is 20.8 Å². The van der Waals surface area contributed by atoms with Crippen molar-refractivity contribution < 1.29 is 24.2 Å². The van der Waals surface area contributed by atoms with Crippen molar-refractivity contribution in [2.24, 2.45) is 11.8 Å². The molecule has 3 amide bonds. The zero-order valence-electron chi connectivity index (χ0n) is 24.4. The standard InChI is InChI=1S/C31H44N4O5/c1-19(2)16-24-29(37)32-18-26(36)22-12-14-23(15-13-22)40-28(20(3)4)27(31(39)33-24)34-30(38)25(35(5)6)17-21-10-8-7-9-11-21/h7-15,19-20,24-28,36H,16-18H2,1-6H3,(H,32,37)(H,33,39)(H,34,38). The van der Waals surface area contributed by atoms with Gasteiger partial charge in [0.15, 0.2) is 0 Å². The average Bonchev–Trinajstić information content (AvgIpc) is 2.91. The number of aliphatic hydroxyl groups excluding tert-OH is 1. The molecular formula is C31H44N4O5. The summed E-state index contributed by atoms with van der Waals surface area (Å²) >= 11 is 0. The van der Waals surface area contributed by atoms with Gasteiger partial charge >= 0.3 is 0 Å². The fraction of sp³-hybridized carbons (Fsp3) is 0.516. The van der Waals surface area contributed by atoms with Gasteiger partial charge in [-0.2, -0.15) is 0 Å². The second kappa shape index (κ2) is 14.3. The van der Waals surface area contributed by atoms with E-state index in [4.69, 9.17) is 4.74 Å². The van der Waals surface area contributed by atoms with Crippen molar-refractivity contribution in [3.8, 4) is 5.75 Å². The summed E-state index contributed by atoms with van der Waals surface area (Å²) in [5.74, 6) is -0.751. The Bertz CT molecular complexity index is 1120. The maximum Gasteiger partial charge on any atom is 0.247 e. The second-order valence-corrected chi connectivity index (χ2v) is 11.5. The predicted molar refractivity (Wildman–Crippen MR) is 155 cm³/mol. The maximum absolute atomic E-state index is 13.9. The lowest BCUT2D eigenvalue weighted by atomic mass is 9.95.